The monoisotopic (exact) mass is 432 g/mol. The average Bonchev–Trinajstić information content (AvgIpc) is 3.40. The van der Waals surface area contributed by atoms with Crippen LogP contribution in [0, 0.1) is 56.2 Å². The molecule has 4 heteroatoms. The van der Waals surface area contributed by atoms with E-state index in [-0.39, 0.29) is 11.8 Å². The molecule has 3 aliphatic rings. The number of hydrogen-bond acceptors (Lipinski definition) is 4. The Hall–Kier alpha value is -4.64. The Labute approximate surface area is 196 Å². The largest absolute Gasteiger partial charge is 0.196 e. The summed E-state index contributed by atoms with van der Waals surface area (Å²) in [6, 6.07) is 33.4. The Morgan fingerprint density at radius 2 is 0.794 bits per heavy atom. The summed E-state index contributed by atoms with van der Waals surface area (Å²) in [6.45, 7) is 0. The van der Waals surface area contributed by atoms with Crippen molar-refractivity contribution in [2.75, 3.05) is 0 Å². The molecule has 0 unspecified atom stereocenters. The van der Waals surface area contributed by atoms with Crippen LogP contribution in [0.15, 0.2) is 72.8 Å². The number of nitriles is 4. The van der Waals surface area contributed by atoms with Gasteiger partial charge in [0, 0.05) is 23.7 Å². The van der Waals surface area contributed by atoms with Gasteiger partial charge in [-0.3, -0.25) is 0 Å². The van der Waals surface area contributed by atoms with E-state index in [0.29, 0.717) is 0 Å². The Kier molecular flexibility index (Phi) is 3.35. The van der Waals surface area contributed by atoms with Gasteiger partial charge in [0.25, 0.3) is 0 Å². The maximum atomic E-state index is 10.7. The number of benzene rings is 4. The molecule has 0 saturated heterocycles. The summed E-state index contributed by atoms with van der Waals surface area (Å²) in [6.07, 6.45) is 0. The summed E-state index contributed by atoms with van der Waals surface area (Å²) in [5.74, 6) is -1.51. The smallest absolute Gasteiger partial charge is 0.183 e. The maximum Gasteiger partial charge on any atom is 0.183 e. The molecule has 4 aromatic rings. The second-order valence-corrected chi connectivity index (χ2v) is 9.66. The van der Waals surface area contributed by atoms with Crippen LogP contribution in [0.4, 0.5) is 0 Å². The zero-order valence-electron chi connectivity index (χ0n) is 18.0. The van der Waals surface area contributed by atoms with Crippen molar-refractivity contribution in [3.8, 4) is 24.3 Å². The van der Waals surface area contributed by atoms with Gasteiger partial charge >= 0.3 is 0 Å². The van der Waals surface area contributed by atoms with Crippen LogP contribution in [-0.4, -0.2) is 0 Å². The number of hydrogen-bond donors (Lipinski definition) is 0. The highest BCUT2D eigenvalue weighted by Crippen LogP contribution is 2.76. The lowest BCUT2D eigenvalue weighted by Gasteiger charge is -2.51. The zero-order valence-corrected chi connectivity index (χ0v) is 18.0. The van der Waals surface area contributed by atoms with Crippen LogP contribution in [-0.2, 0) is 0 Å². The van der Waals surface area contributed by atoms with E-state index in [1.807, 2.05) is 60.7 Å². The zero-order chi connectivity index (χ0) is 23.2. The van der Waals surface area contributed by atoms with Crippen LogP contribution in [0.5, 0.6) is 0 Å². The van der Waals surface area contributed by atoms with E-state index in [1.54, 1.807) is 0 Å². The molecule has 1 saturated carbocycles. The van der Waals surface area contributed by atoms with E-state index >= 15 is 0 Å². The highest BCUT2D eigenvalue weighted by Gasteiger charge is 2.73. The fraction of sp³-hybridized carbons (Fsp3) is 0.200. The molecule has 0 N–H and O–H groups in total. The third-order valence-electron chi connectivity index (χ3n) is 8.69. The van der Waals surface area contributed by atoms with Crippen molar-refractivity contribution in [1.82, 2.24) is 0 Å². The fourth-order valence-corrected chi connectivity index (χ4v) is 7.60. The molecule has 34 heavy (non-hydrogen) atoms. The Morgan fingerprint density at radius 3 is 1.12 bits per heavy atom. The molecule has 4 nitrogen and oxygen atoms in total. The van der Waals surface area contributed by atoms with Gasteiger partial charge in [-0.2, -0.15) is 21.0 Å². The van der Waals surface area contributed by atoms with E-state index in [4.69, 9.17) is 0 Å². The third-order valence-corrected chi connectivity index (χ3v) is 8.69. The quantitative estimate of drug-likeness (QED) is 0.334. The van der Waals surface area contributed by atoms with Crippen molar-refractivity contribution in [2.45, 2.75) is 23.7 Å². The molecule has 0 amide bonds. The van der Waals surface area contributed by atoms with Crippen LogP contribution in [0.3, 0.4) is 0 Å². The molecule has 0 aromatic heterocycles. The molecule has 4 atom stereocenters. The molecule has 0 radical (unpaired) electrons. The summed E-state index contributed by atoms with van der Waals surface area (Å²) in [5.41, 5.74) is 0.379. The van der Waals surface area contributed by atoms with Gasteiger partial charge in [-0.15, -0.1) is 0 Å². The topological polar surface area (TPSA) is 95.2 Å². The van der Waals surface area contributed by atoms with Gasteiger partial charge in [0.05, 0.1) is 24.3 Å². The van der Waals surface area contributed by atoms with Gasteiger partial charge in [-0.1, -0.05) is 72.8 Å². The fourth-order valence-electron chi connectivity index (χ4n) is 7.60. The Balaban J connectivity index is 1.70. The van der Waals surface area contributed by atoms with Crippen LogP contribution in [0.25, 0.3) is 21.5 Å². The van der Waals surface area contributed by atoms with Crippen molar-refractivity contribution in [1.29, 1.82) is 21.0 Å². The molecule has 0 bridgehead atoms. The minimum Gasteiger partial charge on any atom is -0.196 e. The van der Waals surface area contributed by atoms with Crippen molar-refractivity contribution in [3.05, 3.63) is 95.1 Å². The van der Waals surface area contributed by atoms with Gasteiger partial charge in [-0.05, 0) is 43.8 Å². The normalized spacial score (nSPS) is 26.0. The Morgan fingerprint density at radius 1 is 0.471 bits per heavy atom. The standard InChI is InChI=1S/C30H16N4/c31-13-29(14-32)27-21-11-3-7-17-5-1-9-19(23(17)21)25(27)26-20-10-2-6-18-8-4-12-22(24(18)20)28(26)30(29,15-33)16-34/h1-12,25-28H/t25-,26+,27-,28-/m0/s1. The SMILES string of the molecule is N#CC1(C#N)[C@H]2c3cccc4cccc(c34)[C@@H]2[C@@H]2c3cccc4cccc(c34)[C@@H]2C1(C#N)C#N. The molecular formula is C30H16N4. The second-order valence-electron chi connectivity index (χ2n) is 9.66. The van der Waals surface area contributed by atoms with Crippen LogP contribution < -0.4 is 0 Å². The maximum absolute atomic E-state index is 10.7. The lowest BCUT2D eigenvalue weighted by atomic mass is 9.43. The lowest BCUT2D eigenvalue weighted by molar-refractivity contribution is 0.107. The molecular weight excluding hydrogens is 416 g/mol. The molecule has 3 aliphatic carbocycles. The molecule has 1 fully saturated rings. The molecule has 156 valence electrons. The molecule has 7 rings (SSSR count). The van der Waals surface area contributed by atoms with E-state index in [9.17, 15) is 21.0 Å². The van der Waals surface area contributed by atoms with Gasteiger partial charge in [0.15, 0.2) is 10.8 Å². The van der Waals surface area contributed by atoms with Crippen molar-refractivity contribution in [3.63, 3.8) is 0 Å². The summed E-state index contributed by atoms with van der Waals surface area (Å²) in [7, 11) is 0. The summed E-state index contributed by atoms with van der Waals surface area (Å²) in [4.78, 5) is 0. The van der Waals surface area contributed by atoms with Crippen LogP contribution in [0.1, 0.15) is 45.9 Å². The first-order valence-electron chi connectivity index (χ1n) is 11.4. The molecule has 0 heterocycles. The first kappa shape index (κ1) is 18.9. The third kappa shape index (κ3) is 1.75. The summed E-state index contributed by atoms with van der Waals surface area (Å²) in [5, 5.41) is 46.9. The summed E-state index contributed by atoms with van der Waals surface area (Å²) < 4.78 is 0. The van der Waals surface area contributed by atoms with E-state index in [1.165, 1.54) is 0 Å². The van der Waals surface area contributed by atoms with E-state index in [2.05, 4.69) is 36.4 Å². The minimum absolute atomic E-state index is 0.182. The van der Waals surface area contributed by atoms with E-state index in [0.717, 1.165) is 43.8 Å². The number of fused-ring (bicyclic) bond motifs is 7. The number of nitrogens with zero attached hydrogens (tertiary/aromatic N) is 4. The number of rotatable bonds is 0. The van der Waals surface area contributed by atoms with Crippen LogP contribution >= 0.6 is 0 Å². The Bertz CT molecular complexity index is 1580. The van der Waals surface area contributed by atoms with Crippen LogP contribution in [0.2, 0.25) is 0 Å². The summed E-state index contributed by atoms with van der Waals surface area (Å²) >= 11 is 0. The molecule has 4 aromatic carbocycles. The van der Waals surface area contributed by atoms with Crippen molar-refractivity contribution < 1.29 is 0 Å². The lowest BCUT2D eigenvalue weighted by Crippen LogP contribution is -2.53. The first-order valence-corrected chi connectivity index (χ1v) is 11.4. The highest BCUT2D eigenvalue weighted by atomic mass is 14.7. The van der Waals surface area contributed by atoms with Crippen molar-refractivity contribution in [2.24, 2.45) is 10.8 Å². The second kappa shape index (κ2) is 6.02. The van der Waals surface area contributed by atoms with Crippen molar-refractivity contribution >= 4 is 21.5 Å². The minimum atomic E-state index is -1.82. The highest BCUT2D eigenvalue weighted by molar-refractivity contribution is 5.96. The van der Waals surface area contributed by atoms with Gasteiger partial charge in [-0.25, -0.2) is 0 Å². The van der Waals surface area contributed by atoms with Gasteiger partial charge < -0.3 is 0 Å². The predicted molar refractivity (Wildman–Crippen MR) is 126 cm³/mol. The molecule has 0 spiro atoms. The predicted octanol–water partition coefficient (Wildman–Crippen LogP) is 6.14. The van der Waals surface area contributed by atoms with Gasteiger partial charge in [0.1, 0.15) is 0 Å². The van der Waals surface area contributed by atoms with Gasteiger partial charge in [0.2, 0.25) is 0 Å². The van der Waals surface area contributed by atoms with E-state index < -0.39 is 22.7 Å². The molecule has 0 aliphatic heterocycles. The average molecular weight is 432 g/mol. The first-order chi connectivity index (χ1) is 16.7.